The van der Waals surface area contributed by atoms with E-state index < -0.39 is 6.17 Å². The van der Waals surface area contributed by atoms with Crippen molar-refractivity contribution in [3.05, 3.63) is 42.0 Å². The van der Waals surface area contributed by atoms with Gasteiger partial charge in [0.05, 0.1) is 11.3 Å². The average Bonchev–Trinajstić information content (AvgIpc) is 2.69. The zero-order valence-electron chi connectivity index (χ0n) is 9.34. The molecule has 0 fully saturated rings. The third kappa shape index (κ3) is 1.52. The van der Waals surface area contributed by atoms with Gasteiger partial charge in [-0.3, -0.25) is 10.4 Å². The lowest BCUT2D eigenvalue weighted by Gasteiger charge is -2.23. The summed E-state index contributed by atoms with van der Waals surface area (Å²) in [4.78, 5) is 7.97. The number of hydrogen-bond donors (Lipinski definition) is 3. The Bertz CT molecular complexity index is 585. The van der Waals surface area contributed by atoms with E-state index >= 15 is 0 Å². The lowest BCUT2D eigenvalue weighted by Crippen LogP contribution is -2.33. The molecule has 0 saturated carbocycles. The summed E-state index contributed by atoms with van der Waals surface area (Å²) in [5, 5.41) is 1.66. The lowest BCUT2D eigenvalue weighted by atomic mass is 10.2. The van der Waals surface area contributed by atoms with Gasteiger partial charge in [0.15, 0.2) is 5.82 Å². The van der Waals surface area contributed by atoms with Crippen molar-refractivity contribution >= 4 is 17.3 Å². The SMILES string of the molecule is Nc1ncnc2c1C(N)N(c1ccc(F)cc1)N2. The Morgan fingerprint density at radius 2 is 1.94 bits per heavy atom. The topological polar surface area (TPSA) is 93.1 Å². The van der Waals surface area contributed by atoms with Crippen LogP contribution in [-0.2, 0) is 0 Å². The van der Waals surface area contributed by atoms with Gasteiger partial charge >= 0.3 is 0 Å². The van der Waals surface area contributed by atoms with Crippen molar-refractivity contribution in [1.29, 1.82) is 0 Å². The van der Waals surface area contributed by atoms with Crippen LogP contribution in [0.5, 0.6) is 0 Å². The van der Waals surface area contributed by atoms with Gasteiger partial charge < -0.3 is 11.5 Å². The average molecular weight is 246 g/mol. The Balaban J connectivity index is 1.99. The van der Waals surface area contributed by atoms with Gasteiger partial charge in [0.2, 0.25) is 0 Å². The number of nitrogens with two attached hydrogens (primary N) is 2. The van der Waals surface area contributed by atoms with Gasteiger partial charge in [-0.25, -0.2) is 14.4 Å². The number of benzene rings is 1. The summed E-state index contributed by atoms with van der Waals surface area (Å²) >= 11 is 0. The summed E-state index contributed by atoms with van der Waals surface area (Å²) < 4.78 is 12.9. The first kappa shape index (κ1) is 10.7. The van der Waals surface area contributed by atoms with Crippen molar-refractivity contribution in [1.82, 2.24) is 9.97 Å². The standard InChI is InChI=1S/C11H11FN6/c12-6-1-3-7(4-2-6)18-10(14)8-9(13)15-5-16-11(8)17-18/h1-5,10H,14H2,(H3,13,15,16,17). The highest BCUT2D eigenvalue weighted by molar-refractivity contribution is 5.68. The van der Waals surface area contributed by atoms with Gasteiger partial charge in [0.1, 0.15) is 24.1 Å². The maximum absolute atomic E-state index is 12.9. The van der Waals surface area contributed by atoms with E-state index in [0.29, 0.717) is 17.2 Å². The third-order valence-corrected chi connectivity index (χ3v) is 2.82. The Morgan fingerprint density at radius 3 is 2.61 bits per heavy atom. The number of rotatable bonds is 1. The molecule has 1 aromatic heterocycles. The first-order chi connectivity index (χ1) is 8.66. The molecule has 2 aromatic rings. The zero-order chi connectivity index (χ0) is 12.7. The molecule has 3 rings (SSSR count). The molecule has 92 valence electrons. The van der Waals surface area contributed by atoms with Crippen molar-refractivity contribution < 1.29 is 4.39 Å². The number of aromatic nitrogens is 2. The molecule has 0 amide bonds. The molecule has 1 unspecified atom stereocenters. The minimum atomic E-state index is -0.508. The van der Waals surface area contributed by atoms with Crippen molar-refractivity contribution in [2.24, 2.45) is 5.73 Å². The predicted octanol–water partition coefficient (Wildman–Crippen LogP) is 1.00. The number of nitrogen functional groups attached to an aromatic ring is 1. The van der Waals surface area contributed by atoms with E-state index in [-0.39, 0.29) is 5.82 Å². The van der Waals surface area contributed by atoms with Crippen LogP contribution in [0.4, 0.5) is 21.7 Å². The number of halogens is 1. The number of fused-ring (bicyclic) bond motifs is 1. The molecule has 0 saturated heterocycles. The molecule has 2 heterocycles. The van der Waals surface area contributed by atoms with Crippen molar-refractivity contribution in [2.45, 2.75) is 6.17 Å². The molecule has 7 heteroatoms. The fourth-order valence-electron chi connectivity index (χ4n) is 1.93. The van der Waals surface area contributed by atoms with E-state index in [2.05, 4.69) is 15.4 Å². The van der Waals surface area contributed by atoms with Crippen LogP contribution in [0.15, 0.2) is 30.6 Å². The molecule has 0 aliphatic carbocycles. The van der Waals surface area contributed by atoms with E-state index in [1.807, 2.05) is 0 Å². The second-order valence-corrected chi connectivity index (χ2v) is 3.92. The van der Waals surface area contributed by atoms with Crippen molar-refractivity contribution in [3.63, 3.8) is 0 Å². The fraction of sp³-hybridized carbons (Fsp3) is 0.0909. The molecule has 5 N–H and O–H groups in total. The smallest absolute Gasteiger partial charge is 0.156 e. The van der Waals surface area contributed by atoms with Crippen molar-refractivity contribution in [2.75, 3.05) is 16.2 Å². The normalized spacial score (nSPS) is 17.4. The van der Waals surface area contributed by atoms with E-state index in [4.69, 9.17) is 11.5 Å². The van der Waals surface area contributed by atoms with E-state index in [1.54, 1.807) is 17.1 Å². The maximum atomic E-state index is 12.9. The molecule has 0 radical (unpaired) electrons. The first-order valence-corrected chi connectivity index (χ1v) is 5.34. The predicted molar refractivity (Wildman–Crippen MR) is 65.9 cm³/mol. The summed E-state index contributed by atoms with van der Waals surface area (Å²) in [7, 11) is 0. The van der Waals surface area contributed by atoms with E-state index in [9.17, 15) is 4.39 Å². The molecule has 0 spiro atoms. The summed E-state index contributed by atoms with van der Waals surface area (Å²) in [6.45, 7) is 0. The largest absolute Gasteiger partial charge is 0.383 e. The molecule has 6 nitrogen and oxygen atoms in total. The van der Waals surface area contributed by atoms with Gasteiger partial charge in [-0.1, -0.05) is 0 Å². The fourth-order valence-corrected chi connectivity index (χ4v) is 1.93. The van der Waals surface area contributed by atoms with Crippen LogP contribution in [0, 0.1) is 5.82 Å². The highest BCUT2D eigenvalue weighted by Crippen LogP contribution is 2.35. The lowest BCUT2D eigenvalue weighted by molar-refractivity contribution is 0.627. The van der Waals surface area contributed by atoms with Crippen LogP contribution >= 0.6 is 0 Å². The minimum Gasteiger partial charge on any atom is -0.383 e. The van der Waals surface area contributed by atoms with Crippen LogP contribution < -0.4 is 21.9 Å². The summed E-state index contributed by atoms with van der Waals surface area (Å²) in [5.41, 5.74) is 16.2. The summed E-state index contributed by atoms with van der Waals surface area (Å²) in [5.74, 6) is 0.604. The van der Waals surface area contributed by atoms with Gasteiger partial charge in [0, 0.05) is 0 Å². The number of nitrogens with one attached hydrogen (secondary N) is 1. The molecule has 1 aromatic carbocycles. The van der Waals surface area contributed by atoms with Gasteiger partial charge in [-0.2, -0.15) is 0 Å². The molecule has 0 bridgehead atoms. The van der Waals surface area contributed by atoms with Gasteiger partial charge in [-0.15, -0.1) is 0 Å². The number of anilines is 3. The highest BCUT2D eigenvalue weighted by atomic mass is 19.1. The molecule has 1 atom stereocenters. The number of hydrogen-bond acceptors (Lipinski definition) is 6. The van der Waals surface area contributed by atoms with Crippen molar-refractivity contribution in [3.8, 4) is 0 Å². The van der Waals surface area contributed by atoms with Crippen LogP contribution in [-0.4, -0.2) is 9.97 Å². The van der Waals surface area contributed by atoms with E-state index in [0.717, 1.165) is 5.69 Å². The molecule has 18 heavy (non-hydrogen) atoms. The van der Waals surface area contributed by atoms with Crippen LogP contribution in [0.25, 0.3) is 0 Å². The maximum Gasteiger partial charge on any atom is 0.156 e. The Kier molecular flexibility index (Phi) is 2.27. The zero-order valence-corrected chi connectivity index (χ0v) is 9.34. The second-order valence-electron chi connectivity index (χ2n) is 3.92. The molecular formula is C11H11FN6. The van der Waals surface area contributed by atoms with Gasteiger partial charge in [0.25, 0.3) is 0 Å². The van der Waals surface area contributed by atoms with Crippen LogP contribution in [0.1, 0.15) is 11.7 Å². The Hall–Kier alpha value is -2.41. The van der Waals surface area contributed by atoms with Gasteiger partial charge in [-0.05, 0) is 24.3 Å². The third-order valence-electron chi connectivity index (χ3n) is 2.82. The van der Waals surface area contributed by atoms with Crippen LogP contribution in [0.2, 0.25) is 0 Å². The Labute approximate surface area is 102 Å². The quantitative estimate of drug-likeness (QED) is 0.695. The van der Waals surface area contributed by atoms with Crippen LogP contribution in [0.3, 0.4) is 0 Å². The highest BCUT2D eigenvalue weighted by Gasteiger charge is 2.31. The summed E-state index contributed by atoms with van der Waals surface area (Å²) in [6.07, 6.45) is 0.855. The molecule has 1 aliphatic heterocycles. The molecule has 1 aliphatic rings. The summed E-state index contributed by atoms with van der Waals surface area (Å²) in [6, 6.07) is 5.97. The number of nitrogens with zero attached hydrogens (tertiary/aromatic N) is 3. The number of hydrazine groups is 1. The minimum absolute atomic E-state index is 0.302. The first-order valence-electron chi connectivity index (χ1n) is 5.34. The monoisotopic (exact) mass is 246 g/mol. The molecular weight excluding hydrogens is 235 g/mol. The Morgan fingerprint density at radius 1 is 1.22 bits per heavy atom. The second kappa shape index (κ2) is 3.81. The van der Waals surface area contributed by atoms with E-state index in [1.165, 1.54) is 18.5 Å².